The van der Waals surface area contributed by atoms with Crippen LogP contribution in [0, 0.1) is 6.92 Å². The molecule has 0 bridgehead atoms. The molecule has 1 N–H and O–H groups in total. The predicted molar refractivity (Wildman–Crippen MR) is 68.9 cm³/mol. The molecule has 0 aliphatic rings. The normalized spacial score (nSPS) is 10.0. The molecule has 0 saturated heterocycles. The molecule has 2 aromatic rings. The Morgan fingerprint density at radius 3 is 2.82 bits per heavy atom. The maximum absolute atomic E-state index is 11.8. The first-order chi connectivity index (χ1) is 8.16. The zero-order chi connectivity index (χ0) is 12.3. The number of aryl methyl sites for hydroxylation is 1. The fourth-order valence-corrected chi connectivity index (χ4v) is 1.79. The van der Waals surface area contributed by atoms with Gasteiger partial charge in [0.2, 0.25) is 0 Å². The number of amides is 1. The van der Waals surface area contributed by atoms with Crippen LogP contribution in [0.1, 0.15) is 16.1 Å². The standard InChI is InChI=1S/C12H10BrN3O/c1-8-6-9(13)7-15-11(8)16-12(17)10-4-2-3-5-14-10/h2-7H,1H3,(H,15,16,17). The largest absolute Gasteiger partial charge is 0.305 e. The summed E-state index contributed by atoms with van der Waals surface area (Å²) in [5.74, 6) is 0.285. The van der Waals surface area contributed by atoms with Gasteiger partial charge in [0, 0.05) is 16.9 Å². The van der Waals surface area contributed by atoms with Crippen molar-refractivity contribution in [2.45, 2.75) is 6.92 Å². The molecule has 0 spiro atoms. The maximum atomic E-state index is 11.8. The fourth-order valence-electron chi connectivity index (χ4n) is 1.34. The zero-order valence-corrected chi connectivity index (χ0v) is 10.7. The van der Waals surface area contributed by atoms with E-state index in [1.807, 2.05) is 13.0 Å². The van der Waals surface area contributed by atoms with Gasteiger partial charge in [0.05, 0.1) is 0 Å². The van der Waals surface area contributed by atoms with Crippen molar-refractivity contribution in [1.82, 2.24) is 9.97 Å². The van der Waals surface area contributed by atoms with E-state index >= 15 is 0 Å². The molecule has 17 heavy (non-hydrogen) atoms. The second-order valence-corrected chi connectivity index (χ2v) is 4.40. The molecule has 2 heterocycles. The van der Waals surface area contributed by atoms with Gasteiger partial charge in [-0.3, -0.25) is 9.78 Å². The number of carbonyl (C=O) groups excluding carboxylic acids is 1. The molecule has 0 aliphatic carbocycles. The summed E-state index contributed by atoms with van der Waals surface area (Å²) in [6, 6.07) is 7.08. The van der Waals surface area contributed by atoms with Crippen LogP contribution in [-0.2, 0) is 0 Å². The minimum Gasteiger partial charge on any atom is -0.305 e. The molecule has 86 valence electrons. The molecule has 0 fully saturated rings. The van der Waals surface area contributed by atoms with Gasteiger partial charge in [0.15, 0.2) is 0 Å². The Balaban J connectivity index is 2.19. The summed E-state index contributed by atoms with van der Waals surface area (Å²) in [6.07, 6.45) is 3.22. The second kappa shape index (κ2) is 5.05. The van der Waals surface area contributed by atoms with Crippen molar-refractivity contribution >= 4 is 27.7 Å². The molecule has 2 rings (SSSR count). The quantitative estimate of drug-likeness (QED) is 0.926. The highest BCUT2D eigenvalue weighted by molar-refractivity contribution is 9.10. The first kappa shape index (κ1) is 11.7. The van der Waals surface area contributed by atoms with Gasteiger partial charge in [-0.2, -0.15) is 0 Å². The maximum Gasteiger partial charge on any atom is 0.275 e. The molecule has 0 aliphatic heterocycles. The van der Waals surface area contributed by atoms with Gasteiger partial charge in [0.1, 0.15) is 11.5 Å². The Bertz CT molecular complexity index is 543. The van der Waals surface area contributed by atoms with E-state index in [0.29, 0.717) is 11.5 Å². The molecular weight excluding hydrogens is 282 g/mol. The number of nitrogens with zero attached hydrogens (tertiary/aromatic N) is 2. The van der Waals surface area contributed by atoms with Gasteiger partial charge in [-0.05, 0) is 46.6 Å². The van der Waals surface area contributed by atoms with E-state index in [4.69, 9.17) is 0 Å². The van der Waals surface area contributed by atoms with E-state index in [2.05, 4.69) is 31.2 Å². The average Bonchev–Trinajstić information content (AvgIpc) is 2.34. The van der Waals surface area contributed by atoms with E-state index in [9.17, 15) is 4.79 Å². The minimum atomic E-state index is -0.261. The number of rotatable bonds is 2. The lowest BCUT2D eigenvalue weighted by Crippen LogP contribution is -2.15. The number of aromatic nitrogens is 2. The summed E-state index contributed by atoms with van der Waals surface area (Å²) in [5, 5.41) is 2.72. The Morgan fingerprint density at radius 1 is 1.35 bits per heavy atom. The van der Waals surface area contributed by atoms with Crippen LogP contribution in [0.15, 0.2) is 41.1 Å². The van der Waals surface area contributed by atoms with Gasteiger partial charge in [0.25, 0.3) is 5.91 Å². The number of halogens is 1. The van der Waals surface area contributed by atoms with Gasteiger partial charge in [-0.15, -0.1) is 0 Å². The van der Waals surface area contributed by atoms with Crippen LogP contribution in [-0.4, -0.2) is 15.9 Å². The van der Waals surface area contributed by atoms with Crippen LogP contribution in [0.4, 0.5) is 5.82 Å². The van der Waals surface area contributed by atoms with Crippen LogP contribution in [0.5, 0.6) is 0 Å². The van der Waals surface area contributed by atoms with Gasteiger partial charge in [-0.25, -0.2) is 4.98 Å². The third-order valence-electron chi connectivity index (χ3n) is 2.17. The monoisotopic (exact) mass is 291 g/mol. The highest BCUT2D eigenvalue weighted by Gasteiger charge is 2.09. The number of hydrogen-bond acceptors (Lipinski definition) is 3. The fraction of sp³-hybridized carbons (Fsp3) is 0.0833. The molecule has 0 saturated carbocycles. The van der Waals surface area contributed by atoms with E-state index in [-0.39, 0.29) is 5.91 Å². The summed E-state index contributed by atoms with van der Waals surface area (Å²) in [4.78, 5) is 19.9. The Labute approximate surface area is 107 Å². The smallest absolute Gasteiger partial charge is 0.275 e. The zero-order valence-electron chi connectivity index (χ0n) is 9.14. The number of nitrogens with one attached hydrogen (secondary N) is 1. The molecule has 5 heteroatoms. The molecule has 1 amide bonds. The Kier molecular flexibility index (Phi) is 3.49. The summed E-state index contributed by atoms with van der Waals surface area (Å²) in [5.41, 5.74) is 1.26. The van der Waals surface area contributed by atoms with Crippen LogP contribution in [0.2, 0.25) is 0 Å². The lowest BCUT2D eigenvalue weighted by molar-refractivity contribution is 0.102. The predicted octanol–water partition coefficient (Wildman–Crippen LogP) is 2.80. The van der Waals surface area contributed by atoms with Gasteiger partial charge < -0.3 is 5.32 Å². The third kappa shape index (κ3) is 2.88. The molecule has 4 nitrogen and oxygen atoms in total. The van der Waals surface area contributed by atoms with Crippen molar-refractivity contribution in [1.29, 1.82) is 0 Å². The molecule has 0 radical (unpaired) electrons. The van der Waals surface area contributed by atoms with Crippen molar-refractivity contribution in [2.75, 3.05) is 5.32 Å². The summed E-state index contributed by atoms with van der Waals surface area (Å²) in [6.45, 7) is 1.88. The van der Waals surface area contributed by atoms with Crippen LogP contribution < -0.4 is 5.32 Å². The Morgan fingerprint density at radius 2 is 2.18 bits per heavy atom. The first-order valence-electron chi connectivity index (χ1n) is 5.01. The molecular formula is C12H10BrN3O. The number of pyridine rings is 2. The molecule has 2 aromatic heterocycles. The Hall–Kier alpha value is -1.75. The first-order valence-corrected chi connectivity index (χ1v) is 5.80. The van der Waals surface area contributed by atoms with Crippen molar-refractivity contribution in [3.8, 4) is 0 Å². The van der Waals surface area contributed by atoms with Crippen molar-refractivity contribution in [2.24, 2.45) is 0 Å². The third-order valence-corrected chi connectivity index (χ3v) is 2.61. The van der Waals surface area contributed by atoms with Crippen molar-refractivity contribution in [3.05, 3.63) is 52.4 Å². The van der Waals surface area contributed by atoms with Gasteiger partial charge >= 0.3 is 0 Å². The average molecular weight is 292 g/mol. The van der Waals surface area contributed by atoms with Crippen LogP contribution in [0.25, 0.3) is 0 Å². The van der Waals surface area contributed by atoms with Crippen molar-refractivity contribution < 1.29 is 4.79 Å². The van der Waals surface area contributed by atoms with E-state index in [1.54, 1.807) is 30.6 Å². The lowest BCUT2D eigenvalue weighted by atomic mass is 10.3. The van der Waals surface area contributed by atoms with Gasteiger partial charge in [-0.1, -0.05) is 6.07 Å². The highest BCUT2D eigenvalue weighted by atomic mass is 79.9. The minimum absolute atomic E-state index is 0.261. The van der Waals surface area contributed by atoms with E-state index < -0.39 is 0 Å². The molecule has 0 unspecified atom stereocenters. The van der Waals surface area contributed by atoms with E-state index in [0.717, 1.165) is 10.0 Å². The molecule has 0 aromatic carbocycles. The summed E-state index contributed by atoms with van der Waals surface area (Å²) < 4.78 is 0.880. The number of carbonyl (C=O) groups is 1. The second-order valence-electron chi connectivity index (χ2n) is 3.49. The summed E-state index contributed by atoms with van der Waals surface area (Å²) >= 11 is 3.32. The van der Waals surface area contributed by atoms with Crippen LogP contribution in [0.3, 0.4) is 0 Å². The SMILES string of the molecule is Cc1cc(Br)cnc1NC(=O)c1ccccn1. The number of anilines is 1. The lowest BCUT2D eigenvalue weighted by Gasteiger charge is -2.06. The summed E-state index contributed by atoms with van der Waals surface area (Å²) in [7, 11) is 0. The van der Waals surface area contributed by atoms with Crippen molar-refractivity contribution in [3.63, 3.8) is 0 Å². The highest BCUT2D eigenvalue weighted by Crippen LogP contribution is 2.17. The topological polar surface area (TPSA) is 54.9 Å². The number of hydrogen-bond donors (Lipinski definition) is 1. The molecule has 0 atom stereocenters. The van der Waals surface area contributed by atoms with Crippen LogP contribution >= 0.6 is 15.9 Å². The van der Waals surface area contributed by atoms with E-state index in [1.165, 1.54) is 0 Å².